The van der Waals surface area contributed by atoms with Gasteiger partial charge in [0.1, 0.15) is 0 Å². The summed E-state index contributed by atoms with van der Waals surface area (Å²) in [5.41, 5.74) is 5.29. The Hall–Kier alpha value is -0.780. The number of unbranched alkanes of at least 4 members (excludes halogenated alkanes) is 40. The zero-order valence-electron chi connectivity index (χ0n) is 41.8. The van der Waals surface area contributed by atoms with Gasteiger partial charge < -0.3 is 0 Å². The SMILES string of the molecule is CCCCCCCCCCCCCCCCCCCCCCCCCCCCCCCC(CCCCCCCCC)c1cccc(CCCCCC)c1CCCCCC. The summed E-state index contributed by atoms with van der Waals surface area (Å²) in [6.07, 6.45) is 69.4. The molecule has 0 fully saturated rings. The van der Waals surface area contributed by atoms with Crippen molar-refractivity contribution in [3.63, 3.8) is 0 Å². The molecular formula is C59H112. The molecular weight excluding hydrogens is 709 g/mol. The molecule has 0 amide bonds. The first kappa shape index (κ1) is 56.2. The molecule has 59 heavy (non-hydrogen) atoms. The normalized spacial score (nSPS) is 12.2. The minimum absolute atomic E-state index is 0.788. The highest BCUT2D eigenvalue weighted by molar-refractivity contribution is 5.38. The van der Waals surface area contributed by atoms with Crippen LogP contribution in [0, 0.1) is 0 Å². The number of hydrogen-bond donors (Lipinski definition) is 0. The molecule has 0 heterocycles. The fourth-order valence-electron chi connectivity index (χ4n) is 10.1. The van der Waals surface area contributed by atoms with Gasteiger partial charge in [0.15, 0.2) is 0 Å². The highest BCUT2D eigenvalue weighted by Crippen LogP contribution is 2.34. The largest absolute Gasteiger partial charge is 0.0654 e. The Morgan fingerprint density at radius 1 is 0.271 bits per heavy atom. The molecule has 0 bridgehead atoms. The average Bonchev–Trinajstić information content (AvgIpc) is 3.25. The van der Waals surface area contributed by atoms with Gasteiger partial charge in [0.2, 0.25) is 0 Å². The lowest BCUT2D eigenvalue weighted by molar-refractivity contribution is 0.478. The zero-order chi connectivity index (χ0) is 42.4. The Morgan fingerprint density at radius 2 is 0.525 bits per heavy atom. The second-order valence-electron chi connectivity index (χ2n) is 19.9. The molecule has 0 aromatic heterocycles. The molecule has 1 unspecified atom stereocenters. The second-order valence-corrected chi connectivity index (χ2v) is 19.9. The predicted octanol–water partition coefficient (Wildman–Crippen LogP) is 21.9. The van der Waals surface area contributed by atoms with Crippen molar-refractivity contribution in [1.82, 2.24) is 0 Å². The summed E-state index contributed by atoms with van der Waals surface area (Å²) in [6, 6.07) is 7.54. The third kappa shape index (κ3) is 36.4. The molecule has 348 valence electrons. The first-order valence-electron chi connectivity index (χ1n) is 28.4. The van der Waals surface area contributed by atoms with Crippen molar-refractivity contribution in [2.24, 2.45) is 0 Å². The standard InChI is InChI=1S/C59H112/c1-5-9-13-17-19-20-21-22-23-24-25-26-27-28-29-30-31-32-33-34-35-36-37-38-39-40-42-44-47-52-56(51-46-43-41-18-14-10-6-2)59-55-49-53-57(50-45-15-11-7-3)58(59)54-48-16-12-8-4/h49,53,55-56H,5-48,50-52,54H2,1-4H3. The maximum atomic E-state index is 2.58. The van der Waals surface area contributed by atoms with Crippen LogP contribution in [0.5, 0.6) is 0 Å². The minimum Gasteiger partial charge on any atom is -0.0654 e. The molecule has 1 rings (SSSR count). The molecule has 0 aliphatic rings. The van der Waals surface area contributed by atoms with Crippen LogP contribution in [0.3, 0.4) is 0 Å². The van der Waals surface area contributed by atoms with Gasteiger partial charge in [-0.25, -0.2) is 0 Å². The molecule has 0 nitrogen and oxygen atoms in total. The first-order valence-corrected chi connectivity index (χ1v) is 28.4. The van der Waals surface area contributed by atoms with Crippen LogP contribution in [0.25, 0.3) is 0 Å². The maximum Gasteiger partial charge on any atom is -0.0159 e. The molecule has 0 spiro atoms. The van der Waals surface area contributed by atoms with Gasteiger partial charge in [0.05, 0.1) is 0 Å². The number of aryl methyl sites for hydroxylation is 1. The molecule has 0 saturated heterocycles. The van der Waals surface area contributed by atoms with Crippen molar-refractivity contribution in [3.05, 3.63) is 34.9 Å². The van der Waals surface area contributed by atoms with Crippen LogP contribution in [0.4, 0.5) is 0 Å². The van der Waals surface area contributed by atoms with E-state index in [0.29, 0.717) is 0 Å². The van der Waals surface area contributed by atoms with E-state index < -0.39 is 0 Å². The topological polar surface area (TPSA) is 0 Å². The van der Waals surface area contributed by atoms with Gasteiger partial charge in [-0.15, -0.1) is 0 Å². The Bertz CT molecular complexity index is 928. The summed E-state index contributed by atoms with van der Waals surface area (Å²) >= 11 is 0. The van der Waals surface area contributed by atoms with Gasteiger partial charge in [0.25, 0.3) is 0 Å². The van der Waals surface area contributed by atoms with Crippen LogP contribution in [-0.4, -0.2) is 0 Å². The quantitative estimate of drug-likeness (QED) is 0.0575. The average molecular weight is 822 g/mol. The Morgan fingerprint density at radius 3 is 0.831 bits per heavy atom. The van der Waals surface area contributed by atoms with Crippen LogP contribution < -0.4 is 0 Å². The summed E-state index contributed by atoms with van der Waals surface area (Å²) in [5, 5.41) is 0. The first-order chi connectivity index (χ1) is 29.3. The van der Waals surface area contributed by atoms with Crippen LogP contribution in [0.2, 0.25) is 0 Å². The number of hydrogen-bond acceptors (Lipinski definition) is 0. The lowest BCUT2D eigenvalue weighted by Crippen LogP contribution is -2.08. The van der Waals surface area contributed by atoms with Crippen LogP contribution >= 0.6 is 0 Å². The highest BCUT2D eigenvalue weighted by Gasteiger charge is 2.18. The predicted molar refractivity (Wildman–Crippen MR) is 272 cm³/mol. The van der Waals surface area contributed by atoms with Crippen molar-refractivity contribution in [1.29, 1.82) is 0 Å². The zero-order valence-corrected chi connectivity index (χ0v) is 41.8. The minimum atomic E-state index is 0.788. The molecule has 0 saturated carbocycles. The molecule has 0 radical (unpaired) electrons. The van der Waals surface area contributed by atoms with E-state index in [1.807, 2.05) is 0 Å². The van der Waals surface area contributed by atoms with Crippen LogP contribution in [0.1, 0.15) is 346 Å². The molecule has 1 aromatic carbocycles. The fourth-order valence-corrected chi connectivity index (χ4v) is 10.1. The van der Waals surface area contributed by atoms with E-state index in [2.05, 4.69) is 45.9 Å². The van der Waals surface area contributed by atoms with Crippen molar-refractivity contribution in [2.75, 3.05) is 0 Å². The van der Waals surface area contributed by atoms with E-state index >= 15 is 0 Å². The van der Waals surface area contributed by atoms with E-state index in [-0.39, 0.29) is 0 Å². The lowest BCUT2D eigenvalue weighted by atomic mass is 9.81. The third-order valence-electron chi connectivity index (χ3n) is 14.1. The Balaban J connectivity index is 2.19. The molecule has 1 atom stereocenters. The second kappa shape index (κ2) is 46.7. The Kier molecular flexibility index (Phi) is 44.5. The Labute approximate surface area is 375 Å². The monoisotopic (exact) mass is 821 g/mol. The van der Waals surface area contributed by atoms with Gasteiger partial charge in [0, 0.05) is 0 Å². The number of benzene rings is 1. The molecule has 0 N–H and O–H groups in total. The summed E-state index contributed by atoms with van der Waals surface area (Å²) in [6.45, 7) is 9.36. The van der Waals surface area contributed by atoms with E-state index in [9.17, 15) is 0 Å². The van der Waals surface area contributed by atoms with Gasteiger partial charge in [-0.3, -0.25) is 0 Å². The van der Waals surface area contributed by atoms with Gasteiger partial charge in [-0.05, 0) is 61.1 Å². The highest BCUT2D eigenvalue weighted by atomic mass is 14.2. The summed E-state index contributed by atoms with van der Waals surface area (Å²) < 4.78 is 0. The summed E-state index contributed by atoms with van der Waals surface area (Å²) in [7, 11) is 0. The number of rotatable bonds is 49. The molecule has 1 aromatic rings. The van der Waals surface area contributed by atoms with E-state index in [0.717, 1.165) is 5.92 Å². The summed E-state index contributed by atoms with van der Waals surface area (Å²) in [5.74, 6) is 0.788. The van der Waals surface area contributed by atoms with Crippen molar-refractivity contribution in [3.8, 4) is 0 Å². The van der Waals surface area contributed by atoms with Crippen LogP contribution in [-0.2, 0) is 12.8 Å². The smallest absolute Gasteiger partial charge is 0.0159 e. The van der Waals surface area contributed by atoms with Gasteiger partial charge in [-0.2, -0.15) is 0 Å². The van der Waals surface area contributed by atoms with Gasteiger partial charge >= 0.3 is 0 Å². The third-order valence-corrected chi connectivity index (χ3v) is 14.1. The van der Waals surface area contributed by atoms with E-state index in [1.54, 1.807) is 16.7 Å². The van der Waals surface area contributed by atoms with Gasteiger partial charge in [-0.1, -0.05) is 316 Å². The fraction of sp³-hybridized carbons (Fsp3) is 0.898. The lowest BCUT2D eigenvalue weighted by Gasteiger charge is -2.24. The molecule has 0 aliphatic carbocycles. The maximum absolute atomic E-state index is 2.58. The van der Waals surface area contributed by atoms with Crippen molar-refractivity contribution >= 4 is 0 Å². The van der Waals surface area contributed by atoms with E-state index in [1.165, 1.54) is 308 Å². The van der Waals surface area contributed by atoms with Crippen LogP contribution in [0.15, 0.2) is 18.2 Å². The van der Waals surface area contributed by atoms with Crippen molar-refractivity contribution < 1.29 is 0 Å². The van der Waals surface area contributed by atoms with E-state index in [4.69, 9.17) is 0 Å². The van der Waals surface area contributed by atoms with Crippen molar-refractivity contribution in [2.45, 2.75) is 342 Å². The summed E-state index contributed by atoms with van der Waals surface area (Å²) in [4.78, 5) is 0. The molecule has 0 heteroatoms. The molecule has 0 aliphatic heterocycles.